The standard InChI is InChI=1S/C19H14Cl2N2O3S/c1-3-25-12-6-4-5-10-9-13(26-17(10)12)18(24)22-19-23(2)16-14(27-19)8-7-11(20)15(16)21/h4-9H,3H2,1-2H3. The van der Waals surface area contributed by atoms with E-state index in [0.29, 0.717) is 32.8 Å². The summed E-state index contributed by atoms with van der Waals surface area (Å²) in [5, 5.41) is 1.68. The van der Waals surface area contributed by atoms with E-state index in [2.05, 4.69) is 4.99 Å². The van der Waals surface area contributed by atoms with Gasteiger partial charge in [-0.2, -0.15) is 4.99 Å². The average molecular weight is 421 g/mol. The van der Waals surface area contributed by atoms with Gasteiger partial charge in [-0.25, -0.2) is 0 Å². The van der Waals surface area contributed by atoms with Crippen molar-refractivity contribution < 1.29 is 13.9 Å². The molecule has 0 unspecified atom stereocenters. The Hall–Kier alpha value is -2.28. The third-order valence-corrected chi connectivity index (χ3v) is 5.96. The fourth-order valence-electron chi connectivity index (χ4n) is 2.83. The van der Waals surface area contributed by atoms with Gasteiger partial charge in [0.05, 0.1) is 26.9 Å². The molecule has 8 heteroatoms. The molecule has 0 saturated heterocycles. The molecule has 0 aliphatic carbocycles. The summed E-state index contributed by atoms with van der Waals surface area (Å²) in [6.07, 6.45) is 0. The molecule has 138 valence electrons. The number of ether oxygens (including phenoxy) is 1. The molecule has 4 rings (SSSR count). The molecular formula is C19H14Cl2N2O3S. The first-order chi connectivity index (χ1) is 13.0. The lowest BCUT2D eigenvalue weighted by atomic mass is 10.2. The summed E-state index contributed by atoms with van der Waals surface area (Å²) < 4.78 is 13.9. The van der Waals surface area contributed by atoms with E-state index in [1.165, 1.54) is 11.3 Å². The Morgan fingerprint density at radius 3 is 2.89 bits per heavy atom. The van der Waals surface area contributed by atoms with Gasteiger partial charge in [0.15, 0.2) is 21.9 Å². The van der Waals surface area contributed by atoms with Crippen LogP contribution in [0.3, 0.4) is 0 Å². The van der Waals surface area contributed by atoms with Crippen LogP contribution in [0.4, 0.5) is 0 Å². The predicted octanol–water partition coefficient (Wildman–Crippen LogP) is 5.43. The van der Waals surface area contributed by atoms with E-state index in [1.807, 2.05) is 25.1 Å². The Kier molecular flexibility index (Phi) is 4.72. The summed E-state index contributed by atoms with van der Waals surface area (Å²) >= 11 is 13.7. The number of aryl methyl sites for hydroxylation is 1. The molecule has 27 heavy (non-hydrogen) atoms. The molecule has 2 aromatic carbocycles. The number of amides is 1. The minimum atomic E-state index is -0.474. The zero-order valence-corrected chi connectivity index (χ0v) is 16.8. The second kappa shape index (κ2) is 7.03. The third kappa shape index (κ3) is 3.14. The van der Waals surface area contributed by atoms with Gasteiger partial charge in [0.2, 0.25) is 0 Å². The van der Waals surface area contributed by atoms with Crippen LogP contribution in [0.2, 0.25) is 10.0 Å². The van der Waals surface area contributed by atoms with E-state index in [0.717, 1.165) is 15.6 Å². The van der Waals surface area contributed by atoms with Crippen molar-refractivity contribution in [2.45, 2.75) is 6.92 Å². The molecule has 0 fully saturated rings. The highest BCUT2D eigenvalue weighted by Gasteiger charge is 2.16. The molecular weight excluding hydrogens is 407 g/mol. The Morgan fingerprint density at radius 1 is 1.30 bits per heavy atom. The Balaban J connectivity index is 1.81. The van der Waals surface area contributed by atoms with Crippen LogP contribution in [0, 0.1) is 0 Å². The molecule has 0 N–H and O–H groups in total. The number of fused-ring (bicyclic) bond motifs is 2. The average Bonchev–Trinajstić information content (AvgIpc) is 3.22. The zero-order valence-electron chi connectivity index (χ0n) is 14.5. The normalized spacial score (nSPS) is 12.2. The van der Waals surface area contributed by atoms with Crippen molar-refractivity contribution in [1.29, 1.82) is 0 Å². The minimum Gasteiger partial charge on any atom is -0.490 e. The highest BCUT2D eigenvalue weighted by molar-refractivity contribution is 7.16. The third-order valence-electron chi connectivity index (χ3n) is 4.07. The number of nitrogens with zero attached hydrogens (tertiary/aromatic N) is 2. The maximum atomic E-state index is 12.7. The SMILES string of the molecule is CCOc1cccc2cc(C(=O)N=c3sc4ccc(Cl)c(Cl)c4n3C)oc12. The summed E-state index contributed by atoms with van der Waals surface area (Å²) in [6.45, 7) is 2.40. The van der Waals surface area contributed by atoms with Crippen LogP contribution >= 0.6 is 34.5 Å². The van der Waals surface area contributed by atoms with Crippen LogP contribution in [-0.4, -0.2) is 17.1 Å². The quantitative estimate of drug-likeness (QED) is 0.443. The number of rotatable bonds is 3. The molecule has 0 aliphatic rings. The van der Waals surface area contributed by atoms with E-state index >= 15 is 0 Å². The lowest BCUT2D eigenvalue weighted by Gasteiger charge is -2.01. The molecule has 2 heterocycles. The molecule has 0 bridgehead atoms. The van der Waals surface area contributed by atoms with Gasteiger partial charge >= 0.3 is 5.91 Å². The molecule has 1 amide bonds. The van der Waals surface area contributed by atoms with Crippen LogP contribution < -0.4 is 9.54 Å². The number of aromatic nitrogens is 1. The maximum Gasteiger partial charge on any atom is 0.315 e. The monoisotopic (exact) mass is 420 g/mol. The van der Waals surface area contributed by atoms with Gasteiger partial charge in [0.1, 0.15) is 0 Å². The first kappa shape index (κ1) is 18.1. The summed E-state index contributed by atoms with van der Waals surface area (Å²) in [4.78, 5) is 17.4. The molecule has 0 spiro atoms. The zero-order chi connectivity index (χ0) is 19.1. The fourth-order valence-corrected chi connectivity index (χ4v) is 4.36. The van der Waals surface area contributed by atoms with E-state index in [9.17, 15) is 4.79 Å². The van der Waals surface area contributed by atoms with E-state index in [4.69, 9.17) is 32.4 Å². The number of carbonyl (C=O) groups is 1. The van der Waals surface area contributed by atoms with Gasteiger partial charge in [-0.3, -0.25) is 4.79 Å². The molecule has 0 radical (unpaired) electrons. The van der Waals surface area contributed by atoms with Crippen molar-refractivity contribution in [3.8, 4) is 5.75 Å². The van der Waals surface area contributed by atoms with Crippen LogP contribution in [0.25, 0.3) is 21.2 Å². The van der Waals surface area contributed by atoms with Gasteiger partial charge in [0, 0.05) is 12.4 Å². The largest absolute Gasteiger partial charge is 0.490 e. The number of para-hydroxylation sites is 1. The first-order valence-electron chi connectivity index (χ1n) is 8.17. The summed E-state index contributed by atoms with van der Waals surface area (Å²) in [6, 6.07) is 10.8. The van der Waals surface area contributed by atoms with E-state index in [1.54, 1.807) is 29.8 Å². The summed E-state index contributed by atoms with van der Waals surface area (Å²) in [7, 11) is 1.79. The molecule has 0 atom stereocenters. The fraction of sp³-hybridized carbons (Fsp3) is 0.158. The molecule has 2 aromatic heterocycles. The first-order valence-corrected chi connectivity index (χ1v) is 9.74. The van der Waals surface area contributed by atoms with Crippen molar-refractivity contribution in [1.82, 2.24) is 4.57 Å². The highest BCUT2D eigenvalue weighted by Crippen LogP contribution is 2.32. The number of hydrogen-bond acceptors (Lipinski definition) is 4. The molecule has 0 saturated carbocycles. The van der Waals surface area contributed by atoms with E-state index < -0.39 is 5.91 Å². The van der Waals surface area contributed by atoms with Gasteiger partial charge in [-0.05, 0) is 31.2 Å². The van der Waals surface area contributed by atoms with Crippen LogP contribution in [0.1, 0.15) is 17.5 Å². The molecule has 0 aliphatic heterocycles. The Bertz CT molecular complexity index is 1250. The smallest absolute Gasteiger partial charge is 0.315 e. The minimum absolute atomic E-state index is 0.152. The van der Waals surface area contributed by atoms with Crippen molar-refractivity contribution in [2.24, 2.45) is 12.0 Å². The number of hydrogen-bond donors (Lipinski definition) is 0. The number of thiazole rings is 1. The summed E-state index contributed by atoms with van der Waals surface area (Å²) in [5.74, 6) is 0.277. The molecule has 5 nitrogen and oxygen atoms in total. The number of benzene rings is 2. The van der Waals surface area contributed by atoms with Crippen molar-refractivity contribution in [3.05, 3.63) is 57.0 Å². The van der Waals surface area contributed by atoms with Gasteiger partial charge in [-0.1, -0.05) is 46.7 Å². The maximum absolute atomic E-state index is 12.7. The number of halogens is 2. The second-order valence-electron chi connectivity index (χ2n) is 5.79. The topological polar surface area (TPSA) is 56.7 Å². The predicted molar refractivity (Wildman–Crippen MR) is 108 cm³/mol. The Labute approximate surface area is 168 Å². The Morgan fingerprint density at radius 2 is 2.11 bits per heavy atom. The highest BCUT2D eigenvalue weighted by atomic mass is 35.5. The van der Waals surface area contributed by atoms with Crippen molar-refractivity contribution in [2.75, 3.05) is 6.61 Å². The van der Waals surface area contributed by atoms with Crippen LogP contribution in [0.5, 0.6) is 5.75 Å². The lowest BCUT2D eigenvalue weighted by Crippen LogP contribution is -2.13. The van der Waals surface area contributed by atoms with Crippen LogP contribution in [0.15, 0.2) is 45.8 Å². The number of furan rings is 1. The molecule has 4 aromatic rings. The van der Waals surface area contributed by atoms with Gasteiger partial charge in [-0.15, -0.1) is 0 Å². The van der Waals surface area contributed by atoms with Gasteiger partial charge < -0.3 is 13.7 Å². The van der Waals surface area contributed by atoms with Gasteiger partial charge in [0.25, 0.3) is 0 Å². The van der Waals surface area contributed by atoms with Crippen LogP contribution in [-0.2, 0) is 7.05 Å². The lowest BCUT2D eigenvalue weighted by molar-refractivity contribution is 0.0973. The van der Waals surface area contributed by atoms with E-state index in [-0.39, 0.29) is 5.76 Å². The summed E-state index contributed by atoms with van der Waals surface area (Å²) in [5.41, 5.74) is 1.28. The number of carbonyl (C=O) groups excluding carboxylic acids is 1. The van der Waals surface area contributed by atoms with Crippen molar-refractivity contribution in [3.63, 3.8) is 0 Å². The second-order valence-corrected chi connectivity index (χ2v) is 7.58. The van der Waals surface area contributed by atoms with Crippen molar-refractivity contribution >= 4 is 61.6 Å².